The molecule has 0 radical (unpaired) electrons. The Morgan fingerprint density at radius 1 is 1.04 bits per heavy atom. The fourth-order valence-electron chi connectivity index (χ4n) is 2.80. The lowest BCUT2D eigenvalue weighted by molar-refractivity contribution is 0.0989. The highest BCUT2D eigenvalue weighted by atomic mass is 32.2. The maximum absolute atomic E-state index is 13.3. The van der Waals surface area contributed by atoms with Crippen molar-refractivity contribution < 1.29 is 4.79 Å². The number of nitrogens with zero attached hydrogens (tertiary/aromatic N) is 4. The van der Waals surface area contributed by atoms with E-state index < -0.39 is 0 Å². The third kappa shape index (κ3) is 3.55. The summed E-state index contributed by atoms with van der Waals surface area (Å²) in [6.45, 7) is 4.06. The molecule has 132 valence electrons. The number of tetrazole rings is 1. The van der Waals surface area contributed by atoms with Crippen LogP contribution in [-0.2, 0) is 0 Å². The Hall–Kier alpha value is -2.47. The first-order valence-electron chi connectivity index (χ1n) is 8.74. The van der Waals surface area contributed by atoms with Crippen LogP contribution in [0.5, 0.6) is 0 Å². The van der Waals surface area contributed by atoms with Gasteiger partial charge in [-0.05, 0) is 42.7 Å². The minimum atomic E-state index is -0.373. The Kier molecular flexibility index (Phi) is 4.59. The summed E-state index contributed by atoms with van der Waals surface area (Å²) in [6, 6.07) is 16.2. The van der Waals surface area contributed by atoms with Gasteiger partial charge >= 0.3 is 0 Å². The molecule has 5 nitrogen and oxygen atoms in total. The van der Waals surface area contributed by atoms with Crippen molar-refractivity contribution in [2.75, 3.05) is 0 Å². The van der Waals surface area contributed by atoms with Crippen LogP contribution in [-0.4, -0.2) is 26.0 Å². The number of carbonyl (C=O) groups is 1. The number of rotatable bonds is 6. The summed E-state index contributed by atoms with van der Waals surface area (Å²) in [5.41, 5.74) is 3.98. The summed E-state index contributed by atoms with van der Waals surface area (Å²) in [4.78, 5) is 13.3. The van der Waals surface area contributed by atoms with Crippen molar-refractivity contribution in [2.45, 2.75) is 43.1 Å². The van der Waals surface area contributed by atoms with Crippen molar-refractivity contribution in [1.82, 2.24) is 20.2 Å². The van der Waals surface area contributed by atoms with Crippen LogP contribution < -0.4 is 0 Å². The van der Waals surface area contributed by atoms with Gasteiger partial charge in [0.15, 0.2) is 5.78 Å². The van der Waals surface area contributed by atoms with Crippen molar-refractivity contribution >= 4 is 17.5 Å². The fraction of sp³-hybridized carbons (Fsp3) is 0.300. The SMILES string of the molecule is Cc1ccc(C(=O)[C@H](Sc2nnnn2C2CC2)c2ccc(C)cc2)cc1. The zero-order valence-electron chi connectivity index (χ0n) is 14.8. The van der Waals surface area contributed by atoms with Gasteiger partial charge in [0.2, 0.25) is 5.16 Å². The Morgan fingerprint density at radius 3 is 2.27 bits per heavy atom. The van der Waals surface area contributed by atoms with E-state index >= 15 is 0 Å². The second-order valence-corrected chi connectivity index (χ2v) is 7.85. The van der Waals surface area contributed by atoms with Crippen LogP contribution in [0.3, 0.4) is 0 Å². The lowest BCUT2D eigenvalue weighted by Gasteiger charge is -2.16. The average molecular weight is 364 g/mol. The molecule has 0 amide bonds. The standard InChI is InChI=1S/C20H20N4OS/c1-13-3-7-15(8-4-13)18(25)19(16-9-5-14(2)6-10-16)26-20-21-22-23-24(20)17-11-12-17/h3-10,17,19H,11-12H2,1-2H3/t19-/m1/s1. The lowest BCUT2D eigenvalue weighted by Crippen LogP contribution is -2.11. The van der Waals surface area contributed by atoms with E-state index in [1.54, 1.807) is 0 Å². The highest BCUT2D eigenvalue weighted by Crippen LogP contribution is 2.41. The molecular weight excluding hydrogens is 344 g/mol. The number of thioether (sulfide) groups is 1. The first kappa shape index (κ1) is 17.0. The highest BCUT2D eigenvalue weighted by Gasteiger charge is 2.31. The van der Waals surface area contributed by atoms with Gasteiger partial charge in [0, 0.05) is 5.56 Å². The molecule has 6 heteroatoms. The second kappa shape index (κ2) is 7.03. The number of hydrogen-bond donors (Lipinski definition) is 0. The molecule has 1 saturated carbocycles. The quantitative estimate of drug-likeness (QED) is 0.481. The molecular formula is C20H20N4OS. The summed E-state index contributed by atoms with van der Waals surface area (Å²) in [7, 11) is 0. The molecule has 3 aromatic rings. The number of aryl methyl sites for hydroxylation is 2. The van der Waals surface area contributed by atoms with Gasteiger partial charge in [-0.15, -0.1) is 5.10 Å². The minimum Gasteiger partial charge on any atom is -0.293 e. The van der Waals surface area contributed by atoms with E-state index in [4.69, 9.17) is 0 Å². The van der Waals surface area contributed by atoms with E-state index in [1.165, 1.54) is 17.3 Å². The number of Topliss-reactive ketones (excluding diaryl/α,β-unsaturated/α-hetero) is 1. The van der Waals surface area contributed by atoms with Crippen molar-refractivity contribution in [3.8, 4) is 0 Å². The molecule has 26 heavy (non-hydrogen) atoms. The summed E-state index contributed by atoms with van der Waals surface area (Å²) in [5, 5.41) is 12.4. The Bertz CT molecular complexity index is 914. The molecule has 0 unspecified atom stereocenters. The van der Waals surface area contributed by atoms with E-state index in [9.17, 15) is 4.79 Å². The predicted octanol–water partition coefficient (Wildman–Crippen LogP) is 4.34. The van der Waals surface area contributed by atoms with Gasteiger partial charge in [0.05, 0.1) is 6.04 Å². The molecule has 4 rings (SSSR count). The second-order valence-electron chi connectivity index (χ2n) is 6.78. The molecule has 1 atom stereocenters. The molecule has 0 saturated heterocycles. The van der Waals surface area contributed by atoms with E-state index in [2.05, 4.69) is 15.5 Å². The molecule has 0 bridgehead atoms. The van der Waals surface area contributed by atoms with E-state index in [-0.39, 0.29) is 11.0 Å². The Labute approximate surface area is 156 Å². The van der Waals surface area contributed by atoms with Crippen molar-refractivity contribution in [1.29, 1.82) is 0 Å². The third-order valence-corrected chi connectivity index (χ3v) is 5.73. The van der Waals surface area contributed by atoms with Crippen LogP contribution >= 0.6 is 11.8 Å². The van der Waals surface area contributed by atoms with Crippen molar-refractivity contribution in [3.63, 3.8) is 0 Å². The van der Waals surface area contributed by atoms with Gasteiger partial charge in [0.25, 0.3) is 0 Å². The normalized spacial score (nSPS) is 15.0. The van der Waals surface area contributed by atoms with Crippen LogP contribution in [0.4, 0.5) is 0 Å². The summed E-state index contributed by atoms with van der Waals surface area (Å²) < 4.78 is 1.86. The molecule has 1 heterocycles. The number of hydrogen-bond acceptors (Lipinski definition) is 5. The zero-order valence-corrected chi connectivity index (χ0v) is 15.6. The van der Waals surface area contributed by atoms with Crippen molar-refractivity contribution in [2.24, 2.45) is 0 Å². The maximum atomic E-state index is 13.3. The highest BCUT2D eigenvalue weighted by molar-refractivity contribution is 8.00. The molecule has 1 aromatic heterocycles. The third-order valence-electron chi connectivity index (χ3n) is 4.53. The molecule has 0 spiro atoms. The average Bonchev–Trinajstić information content (AvgIpc) is 3.39. The molecule has 1 fully saturated rings. The van der Waals surface area contributed by atoms with Gasteiger partial charge < -0.3 is 0 Å². The van der Waals surface area contributed by atoms with E-state index in [0.717, 1.165) is 24.0 Å². The van der Waals surface area contributed by atoms with Crippen LogP contribution in [0.15, 0.2) is 53.7 Å². The first-order chi connectivity index (χ1) is 12.6. The van der Waals surface area contributed by atoms with Gasteiger partial charge in [0.1, 0.15) is 5.25 Å². The molecule has 2 aromatic carbocycles. The van der Waals surface area contributed by atoms with E-state index in [1.807, 2.05) is 67.1 Å². The lowest BCUT2D eigenvalue weighted by atomic mass is 10.0. The molecule has 0 aliphatic heterocycles. The monoisotopic (exact) mass is 364 g/mol. The van der Waals surface area contributed by atoms with Crippen LogP contribution in [0.1, 0.15) is 51.2 Å². The van der Waals surface area contributed by atoms with Crippen LogP contribution in [0.2, 0.25) is 0 Å². The van der Waals surface area contributed by atoms with Gasteiger partial charge in [-0.1, -0.05) is 71.4 Å². The van der Waals surface area contributed by atoms with Crippen molar-refractivity contribution in [3.05, 3.63) is 70.8 Å². The Balaban J connectivity index is 1.68. The van der Waals surface area contributed by atoms with Crippen LogP contribution in [0, 0.1) is 13.8 Å². The summed E-state index contributed by atoms with van der Waals surface area (Å²) in [5.74, 6) is 0.0733. The first-order valence-corrected chi connectivity index (χ1v) is 9.62. The van der Waals surface area contributed by atoms with Gasteiger partial charge in [-0.3, -0.25) is 4.79 Å². The largest absolute Gasteiger partial charge is 0.293 e. The predicted molar refractivity (Wildman–Crippen MR) is 101 cm³/mol. The zero-order chi connectivity index (χ0) is 18.1. The minimum absolute atomic E-state index is 0.0733. The van der Waals surface area contributed by atoms with E-state index in [0.29, 0.717) is 16.8 Å². The van der Waals surface area contributed by atoms with Gasteiger partial charge in [-0.25, -0.2) is 4.68 Å². The van der Waals surface area contributed by atoms with Gasteiger partial charge in [-0.2, -0.15) is 0 Å². The number of aromatic nitrogens is 4. The topological polar surface area (TPSA) is 60.7 Å². The summed E-state index contributed by atoms with van der Waals surface area (Å²) in [6.07, 6.45) is 2.19. The molecule has 1 aliphatic rings. The smallest absolute Gasteiger partial charge is 0.210 e. The van der Waals surface area contributed by atoms with Crippen LogP contribution in [0.25, 0.3) is 0 Å². The number of ketones is 1. The molecule has 1 aliphatic carbocycles. The maximum Gasteiger partial charge on any atom is 0.210 e. The number of carbonyl (C=O) groups excluding carboxylic acids is 1. The number of benzene rings is 2. The fourth-order valence-corrected chi connectivity index (χ4v) is 3.92. The molecule has 0 N–H and O–H groups in total. The summed E-state index contributed by atoms with van der Waals surface area (Å²) >= 11 is 1.43. The Morgan fingerprint density at radius 2 is 1.65 bits per heavy atom.